The standard InChI is InChI=1S/C22H24FN3O3.C7H13NO.2C4H8O/c1-6-17(28-7-2)19(27-5)11-15-14(4)24-9-8-18(15)29-20-12-25-22-16(21(20)23)10-13(3)26-22;1-8-3-2-7(4-8)5-9-6-7;1-2-4-5-3-1;1-2-3-4-5/h8-12H,4,6-7H2,1-3,5H3,(H,25,26);2-6H2,1H3;1-4H2;4H,2-3H2,1H3/b15-11+,19-17-;;;. The molecular weight excluding hydrogens is 615 g/mol. The van der Waals surface area contributed by atoms with Crippen molar-refractivity contribution in [2.75, 3.05) is 60.3 Å². The molecule has 0 unspecified atom stereocenters. The van der Waals surface area contributed by atoms with E-state index < -0.39 is 5.82 Å². The molecule has 3 aliphatic heterocycles. The summed E-state index contributed by atoms with van der Waals surface area (Å²) >= 11 is 0. The molecule has 0 aromatic carbocycles. The van der Waals surface area contributed by atoms with E-state index >= 15 is 0 Å². The topological polar surface area (TPSA) is 108 Å². The second-order valence-corrected chi connectivity index (χ2v) is 12.1. The fourth-order valence-corrected chi connectivity index (χ4v) is 5.41. The lowest BCUT2D eigenvalue weighted by atomic mass is 9.85. The van der Waals surface area contributed by atoms with Gasteiger partial charge in [0.25, 0.3) is 0 Å². The number of carbonyl (C=O) groups is 1. The van der Waals surface area contributed by atoms with Crippen LogP contribution in [0, 0.1) is 18.2 Å². The van der Waals surface area contributed by atoms with Crippen LogP contribution in [0.4, 0.5) is 4.39 Å². The van der Waals surface area contributed by atoms with Gasteiger partial charge in [0.05, 0.1) is 43.9 Å². The first-order chi connectivity index (χ1) is 23.2. The molecule has 0 atom stereocenters. The van der Waals surface area contributed by atoms with Crippen molar-refractivity contribution in [1.82, 2.24) is 19.9 Å². The zero-order valence-electron chi connectivity index (χ0n) is 29.5. The van der Waals surface area contributed by atoms with E-state index in [1.54, 1.807) is 31.5 Å². The van der Waals surface area contributed by atoms with Crippen LogP contribution < -0.4 is 15.3 Å². The van der Waals surface area contributed by atoms with Crippen molar-refractivity contribution in [3.05, 3.63) is 58.1 Å². The Morgan fingerprint density at radius 1 is 1.17 bits per heavy atom. The van der Waals surface area contributed by atoms with Gasteiger partial charge >= 0.3 is 0 Å². The lowest BCUT2D eigenvalue weighted by Gasteiger charge is -2.37. The van der Waals surface area contributed by atoms with Crippen LogP contribution in [0.15, 0.2) is 36.0 Å². The predicted octanol–water partition coefficient (Wildman–Crippen LogP) is 5.81. The Hall–Kier alpha value is -3.80. The van der Waals surface area contributed by atoms with E-state index in [1.165, 1.54) is 38.5 Å². The van der Waals surface area contributed by atoms with Gasteiger partial charge < -0.3 is 38.4 Å². The molecule has 1 spiro atoms. The molecule has 10 nitrogen and oxygen atoms in total. The van der Waals surface area contributed by atoms with E-state index in [-0.39, 0.29) is 5.75 Å². The lowest BCUT2D eigenvalue weighted by molar-refractivity contribution is -0.107. The monoisotopic (exact) mass is 668 g/mol. The molecular formula is C37H53FN4O6. The van der Waals surface area contributed by atoms with Gasteiger partial charge in [-0.1, -0.05) is 20.4 Å². The molecule has 11 heteroatoms. The van der Waals surface area contributed by atoms with E-state index in [2.05, 4.69) is 33.5 Å². The zero-order chi connectivity index (χ0) is 34.9. The molecule has 3 aromatic heterocycles. The third kappa shape index (κ3) is 11.1. The maximum atomic E-state index is 14.9. The Labute approximate surface area is 284 Å². The van der Waals surface area contributed by atoms with E-state index in [0.29, 0.717) is 63.7 Å². The number of pyridine rings is 2. The smallest absolute Gasteiger partial charge is 0.182 e. The lowest BCUT2D eigenvalue weighted by Crippen LogP contribution is -2.44. The Balaban J connectivity index is 0.000000262. The molecule has 3 aliphatic rings. The summed E-state index contributed by atoms with van der Waals surface area (Å²) in [6.07, 6.45) is 11.8. The molecule has 48 heavy (non-hydrogen) atoms. The van der Waals surface area contributed by atoms with Gasteiger partial charge in [-0.3, -0.25) is 4.98 Å². The highest BCUT2D eigenvalue weighted by atomic mass is 19.1. The van der Waals surface area contributed by atoms with Gasteiger partial charge in [-0.25, -0.2) is 9.37 Å². The van der Waals surface area contributed by atoms with Crippen LogP contribution in [-0.2, 0) is 23.7 Å². The summed E-state index contributed by atoms with van der Waals surface area (Å²) in [5, 5.41) is 1.41. The molecule has 6 rings (SSSR count). The Morgan fingerprint density at radius 2 is 1.92 bits per heavy atom. The maximum absolute atomic E-state index is 14.9. The van der Waals surface area contributed by atoms with Crippen molar-refractivity contribution in [2.45, 2.75) is 66.2 Å². The average Bonchev–Trinajstić information content (AvgIpc) is 3.85. The van der Waals surface area contributed by atoms with E-state index in [4.69, 9.17) is 23.7 Å². The Bertz CT molecular complexity index is 1570. The third-order valence-corrected chi connectivity index (χ3v) is 8.04. The molecule has 0 aliphatic carbocycles. The number of fused-ring (bicyclic) bond motifs is 1. The number of likely N-dealkylation sites (tertiary alicyclic amines) is 1. The number of rotatable bonds is 9. The van der Waals surface area contributed by atoms with Crippen LogP contribution in [-0.4, -0.2) is 86.4 Å². The second kappa shape index (κ2) is 19.9. The summed E-state index contributed by atoms with van der Waals surface area (Å²) in [6.45, 7) is 18.7. The number of nitrogens with zero attached hydrogens (tertiary/aromatic N) is 3. The minimum absolute atomic E-state index is 0.0141. The number of aldehydes is 1. The molecule has 1 N–H and O–H groups in total. The molecule has 0 amide bonds. The van der Waals surface area contributed by atoms with Crippen LogP contribution in [0.2, 0.25) is 0 Å². The maximum Gasteiger partial charge on any atom is 0.182 e. The second-order valence-electron chi connectivity index (χ2n) is 12.1. The SMILES string of the molecule is C1CCOC1.C=c1nccc(Oc2cnc3[nH]c(C)cc3c2F)/c1=C/C(OC)=C(\CC)OCC.CCCC=O.CN1CCC2(COC2)C1. The van der Waals surface area contributed by atoms with E-state index in [9.17, 15) is 9.18 Å². The fourth-order valence-electron chi connectivity index (χ4n) is 5.41. The predicted molar refractivity (Wildman–Crippen MR) is 187 cm³/mol. The summed E-state index contributed by atoms with van der Waals surface area (Å²) in [6, 6.07) is 3.34. The highest BCUT2D eigenvalue weighted by Crippen LogP contribution is 2.36. The third-order valence-electron chi connectivity index (χ3n) is 8.04. The minimum atomic E-state index is -0.487. The normalized spacial score (nSPS) is 17.2. The van der Waals surface area contributed by atoms with Crippen LogP contribution in [0.25, 0.3) is 23.7 Å². The molecule has 3 fully saturated rings. The molecule has 264 valence electrons. The highest BCUT2D eigenvalue weighted by Gasteiger charge is 2.43. The quantitative estimate of drug-likeness (QED) is 0.223. The van der Waals surface area contributed by atoms with Crippen molar-refractivity contribution in [3.8, 4) is 11.5 Å². The zero-order valence-corrected chi connectivity index (χ0v) is 29.5. The van der Waals surface area contributed by atoms with Crippen LogP contribution in [0.5, 0.6) is 11.5 Å². The number of hydrogen-bond donors (Lipinski definition) is 1. The van der Waals surface area contributed by atoms with Crippen LogP contribution in [0.1, 0.15) is 65.0 Å². The first-order valence-electron chi connectivity index (χ1n) is 16.9. The molecule has 3 saturated heterocycles. The minimum Gasteiger partial charge on any atom is -0.494 e. The number of hydrogen-bond acceptors (Lipinski definition) is 9. The van der Waals surface area contributed by atoms with E-state index in [0.717, 1.165) is 44.8 Å². The fraction of sp³-hybridized carbons (Fsp3) is 0.541. The van der Waals surface area contributed by atoms with Gasteiger partial charge in [-0.05, 0) is 71.3 Å². The van der Waals surface area contributed by atoms with Gasteiger partial charge in [0.1, 0.15) is 23.4 Å². The van der Waals surface area contributed by atoms with Gasteiger partial charge in [-0.2, -0.15) is 0 Å². The number of halogens is 1. The van der Waals surface area contributed by atoms with Gasteiger partial charge in [0.15, 0.2) is 17.3 Å². The number of methoxy groups -OCH3 is 1. The van der Waals surface area contributed by atoms with Gasteiger partial charge in [-0.15, -0.1) is 0 Å². The number of nitrogens with one attached hydrogen (secondary N) is 1. The number of aryl methyl sites for hydroxylation is 1. The summed E-state index contributed by atoms with van der Waals surface area (Å²) in [5.41, 5.74) is 1.88. The van der Waals surface area contributed by atoms with E-state index in [1.807, 2.05) is 27.7 Å². The van der Waals surface area contributed by atoms with Crippen LogP contribution in [0.3, 0.4) is 0 Å². The average molecular weight is 669 g/mol. The first kappa shape index (κ1) is 38.6. The van der Waals surface area contributed by atoms with Crippen molar-refractivity contribution in [2.24, 2.45) is 5.41 Å². The van der Waals surface area contributed by atoms with Crippen molar-refractivity contribution >= 4 is 30.0 Å². The Morgan fingerprint density at radius 3 is 2.40 bits per heavy atom. The molecule has 3 aromatic rings. The summed E-state index contributed by atoms with van der Waals surface area (Å²) in [4.78, 5) is 23.3. The summed E-state index contributed by atoms with van der Waals surface area (Å²) in [5.74, 6) is 1.14. The van der Waals surface area contributed by atoms with Gasteiger partial charge in [0, 0.05) is 55.1 Å². The molecule has 0 radical (unpaired) electrons. The van der Waals surface area contributed by atoms with Crippen LogP contribution >= 0.6 is 0 Å². The number of ether oxygens (including phenoxy) is 5. The van der Waals surface area contributed by atoms with Gasteiger partial charge in [0.2, 0.25) is 0 Å². The largest absolute Gasteiger partial charge is 0.494 e. The number of carbonyl (C=O) groups excluding carboxylic acids is 1. The Kier molecular flexibility index (Phi) is 16.0. The number of H-pyrrole nitrogens is 1. The number of allylic oxidation sites excluding steroid dienone is 2. The summed E-state index contributed by atoms with van der Waals surface area (Å²) in [7, 11) is 3.75. The number of aromatic amines is 1. The summed E-state index contributed by atoms with van der Waals surface area (Å²) < 4.78 is 42.1. The van der Waals surface area contributed by atoms with Crippen molar-refractivity contribution in [3.63, 3.8) is 0 Å². The van der Waals surface area contributed by atoms with Crippen molar-refractivity contribution < 1.29 is 32.9 Å². The molecule has 0 bridgehead atoms. The number of aromatic nitrogens is 3. The van der Waals surface area contributed by atoms with Crippen molar-refractivity contribution in [1.29, 1.82) is 0 Å². The number of unbranched alkanes of at least 4 members (excludes halogenated alkanes) is 1. The highest BCUT2D eigenvalue weighted by molar-refractivity contribution is 5.78. The molecule has 0 saturated carbocycles. The first-order valence-corrected chi connectivity index (χ1v) is 16.9. The molecule has 6 heterocycles.